The topological polar surface area (TPSA) is 21.3 Å². The van der Waals surface area contributed by atoms with Crippen LogP contribution in [-0.2, 0) is 0 Å². The van der Waals surface area contributed by atoms with Crippen molar-refractivity contribution in [2.75, 3.05) is 18.5 Å². The van der Waals surface area contributed by atoms with Crippen molar-refractivity contribution >= 4 is 5.69 Å². The molecule has 0 amide bonds. The van der Waals surface area contributed by atoms with E-state index in [0.717, 1.165) is 18.9 Å². The Morgan fingerprint density at radius 1 is 1.16 bits per heavy atom. The number of ether oxygens (including phenoxy) is 1. The lowest BCUT2D eigenvalue weighted by atomic mass is 10.0. The summed E-state index contributed by atoms with van der Waals surface area (Å²) in [5, 5.41) is 3.56. The number of aryl methyl sites for hydroxylation is 2. The van der Waals surface area contributed by atoms with Crippen LogP contribution in [0.5, 0.6) is 5.75 Å². The molecular formula is C17H19NO. The Labute approximate surface area is 114 Å². The van der Waals surface area contributed by atoms with E-state index in [9.17, 15) is 0 Å². The second kappa shape index (κ2) is 4.96. The molecule has 3 rings (SSSR count). The number of fused-ring (bicyclic) bond motifs is 1. The number of rotatable bonds is 3. The van der Waals surface area contributed by atoms with Gasteiger partial charge < -0.3 is 10.1 Å². The maximum absolute atomic E-state index is 5.71. The summed E-state index contributed by atoms with van der Waals surface area (Å²) in [7, 11) is 0. The van der Waals surface area contributed by atoms with Crippen molar-refractivity contribution in [2.24, 2.45) is 0 Å². The predicted octanol–water partition coefficient (Wildman–Crippen LogP) is 3.89. The first-order chi connectivity index (χ1) is 9.24. The van der Waals surface area contributed by atoms with Gasteiger partial charge in [0.15, 0.2) is 0 Å². The standard InChI is InChI=1S/C17H19NO/c1-12-7-8-13(2)16(9-12)18-10-14-11-19-17-6-4-3-5-15(14)17/h3-9,14,18H,10-11H2,1-2H3. The normalized spacial score (nSPS) is 16.8. The number of hydrogen-bond acceptors (Lipinski definition) is 2. The first-order valence-corrected chi connectivity index (χ1v) is 6.77. The zero-order valence-corrected chi connectivity index (χ0v) is 11.4. The molecule has 0 fully saturated rings. The minimum atomic E-state index is 0.441. The van der Waals surface area contributed by atoms with Crippen molar-refractivity contribution in [3.8, 4) is 5.75 Å². The maximum atomic E-state index is 5.71. The van der Waals surface area contributed by atoms with Crippen LogP contribution >= 0.6 is 0 Å². The van der Waals surface area contributed by atoms with Crippen LogP contribution in [0.2, 0.25) is 0 Å². The number of hydrogen-bond donors (Lipinski definition) is 1. The summed E-state index contributed by atoms with van der Waals surface area (Å²) in [6.45, 7) is 5.96. The van der Waals surface area contributed by atoms with E-state index >= 15 is 0 Å². The fourth-order valence-electron chi connectivity index (χ4n) is 2.56. The van der Waals surface area contributed by atoms with Gasteiger partial charge in [-0.15, -0.1) is 0 Å². The van der Waals surface area contributed by atoms with Crippen LogP contribution in [0.25, 0.3) is 0 Å². The lowest BCUT2D eigenvalue weighted by Crippen LogP contribution is -2.14. The zero-order chi connectivity index (χ0) is 13.2. The van der Waals surface area contributed by atoms with E-state index in [1.807, 2.05) is 12.1 Å². The molecule has 2 aromatic carbocycles. The highest BCUT2D eigenvalue weighted by atomic mass is 16.5. The molecule has 2 aromatic rings. The fraction of sp³-hybridized carbons (Fsp3) is 0.294. The van der Waals surface area contributed by atoms with Crippen molar-refractivity contribution in [1.29, 1.82) is 0 Å². The van der Waals surface area contributed by atoms with Gasteiger partial charge in [-0.25, -0.2) is 0 Å². The van der Waals surface area contributed by atoms with Gasteiger partial charge in [-0.3, -0.25) is 0 Å². The molecule has 2 heteroatoms. The van der Waals surface area contributed by atoms with Crippen LogP contribution in [0.4, 0.5) is 5.69 Å². The average Bonchev–Trinajstić information content (AvgIpc) is 2.83. The third-order valence-electron chi connectivity index (χ3n) is 3.73. The third kappa shape index (κ3) is 2.43. The quantitative estimate of drug-likeness (QED) is 0.896. The second-order valence-electron chi connectivity index (χ2n) is 5.25. The smallest absolute Gasteiger partial charge is 0.122 e. The average molecular weight is 253 g/mol. The highest BCUT2D eigenvalue weighted by Gasteiger charge is 2.23. The van der Waals surface area contributed by atoms with Crippen molar-refractivity contribution in [1.82, 2.24) is 0 Å². The molecule has 0 spiro atoms. The van der Waals surface area contributed by atoms with Crippen molar-refractivity contribution in [3.05, 3.63) is 59.2 Å². The van der Waals surface area contributed by atoms with Crippen LogP contribution in [-0.4, -0.2) is 13.2 Å². The molecule has 98 valence electrons. The Bertz CT molecular complexity index is 592. The molecule has 0 aliphatic carbocycles. The first kappa shape index (κ1) is 12.1. The molecule has 2 nitrogen and oxygen atoms in total. The maximum Gasteiger partial charge on any atom is 0.122 e. The van der Waals surface area contributed by atoms with Crippen LogP contribution in [0.3, 0.4) is 0 Å². The minimum absolute atomic E-state index is 0.441. The molecule has 0 saturated heterocycles. The van der Waals surface area contributed by atoms with Gasteiger partial charge in [-0.05, 0) is 37.1 Å². The van der Waals surface area contributed by atoms with Gasteiger partial charge in [0.05, 0.1) is 6.61 Å². The van der Waals surface area contributed by atoms with Gasteiger partial charge >= 0.3 is 0 Å². The first-order valence-electron chi connectivity index (χ1n) is 6.77. The van der Waals surface area contributed by atoms with E-state index in [2.05, 4.69) is 49.5 Å². The summed E-state index contributed by atoms with van der Waals surface area (Å²) >= 11 is 0. The molecule has 1 atom stereocenters. The van der Waals surface area contributed by atoms with E-state index in [1.54, 1.807) is 0 Å². The number of anilines is 1. The van der Waals surface area contributed by atoms with E-state index in [0.29, 0.717) is 5.92 Å². The van der Waals surface area contributed by atoms with E-state index in [-0.39, 0.29) is 0 Å². The van der Waals surface area contributed by atoms with Gasteiger partial charge in [0.25, 0.3) is 0 Å². The molecule has 1 aliphatic heterocycles. The van der Waals surface area contributed by atoms with Gasteiger partial charge in [-0.2, -0.15) is 0 Å². The summed E-state index contributed by atoms with van der Waals surface area (Å²) in [5.41, 5.74) is 5.12. The highest BCUT2D eigenvalue weighted by Crippen LogP contribution is 2.33. The molecule has 0 aromatic heterocycles. The van der Waals surface area contributed by atoms with Crippen molar-refractivity contribution in [2.45, 2.75) is 19.8 Å². The largest absolute Gasteiger partial charge is 0.493 e. The van der Waals surface area contributed by atoms with Crippen molar-refractivity contribution < 1.29 is 4.74 Å². The molecule has 0 bridgehead atoms. The zero-order valence-electron chi connectivity index (χ0n) is 11.4. The van der Waals surface area contributed by atoms with Crippen LogP contribution in [0, 0.1) is 13.8 Å². The van der Waals surface area contributed by atoms with E-state index in [4.69, 9.17) is 4.74 Å². The number of para-hydroxylation sites is 1. The lowest BCUT2D eigenvalue weighted by molar-refractivity contribution is 0.334. The monoisotopic (exact) mass is 253 g/mol. The van der Waals surface area contributed by atoms with E-state index in [1.165, 1.54) is 22.4 Å². The van der Waals surface area contributed by atoms with Crippen molar-refractivity contribution in [3.63, 3.8) is 0 Å². The molecule has 0 saturated carbocycles. The second-order valence-corrected chi connectivity index (χ2v) is 5.25. The molecule has 1 aliphatic rings. The summed E-state index contributed by atoms with van der Waals surface area (Å²) in [6.07, 6.45) is 0. The minimum Gasteiger partial charge on any atom is -0.493 e. The highest BCUT2D eigenvalue weighted by molar-refractivity contribution is 5.53. The fourth-order valence-corrected chi connectivity index (χ4v) is 2.56. The third-order valence-corrected chi connectivity index (χ3v) is 3.73. The summed E-state index contributed by atoms with van der Waals surface area (Å²) < 4.78 is 5.71. The molecular weight excluding hydrogens is 234 g/mol. The Morgan fingerprint density at radius 2 is 2.00 bits per heavy atom. The summed E-state index contributed by atoms with van der Waals surface area (Å²) in [5.74, 6) is 1.48. The number of nitrogens with one attached hydrogen (secondary N) is 1. The molecule has 0 radical (unpaired) electrons. The van der Waals surface area contributed by atoms with Gasteiger partial charge in [0, 0.05) is 23.7 Å². The molecule has 19 heavy (non-hydrogen) atoms. The lowest BCUT2D eigenvalue weighted by Gasteiger charge is -2.14. The van der Waals surface area contributed by atoms with E-state index < -0.39 is 0 Å². The van der Waals surface area contributed by atoms with Crippen LogP contribution in [0.1, 0.15) is 22.6 Å². The molecule has 1 N–H and O–H groups in total. The Hall–Kier alpha value is -1.96. The molecule has 1 heterocycles. The Kier molecular flexibility index (Phi) is 3.16. The van der Waals surface area contributed by atoms with Crippen LogP contribution < -0.4 is 10.1 Å². The Balaban J connectivity index is 1.72. The summed E-state index contributed by atoms with van der Waals surface area (Å²) in [4.78, 5) is 0. The van der Waals surface area contributed by atoms with Gasteiger partial charge in [0.1, 0.15) is 5.75 Å². The Morgan fingerprint density at radius 3 is 2.89 bits per heavy atom. The summed E-state index contributed by atoms with van der Waals surface area (Å²) in [6, 6.07) is 14.8. The SMILES string of the molecule is Cc1ccc(C)c(NCC2COc3ccccc32)c1. The predicted molar refractivity (Wildman–Crippen MR) is 79.1 cm³/mol. The van der Waals surface area contributed by atoms with Gasteiger partial charge in [-0.1, -0.05) is 30.3 Å². The molecule has 1 unspecified atom stereocenters. The van der Waals surface area contributed by atoms with Gasteiger partial charge in [0.2, 0.25) is 0 Å². The van der Waals surface area contributed by atoms with Crippen LogP contribution in [0.15, 0.2) is 42.5 Å². The number of benzene rings is 2.